The van der Waals surface area contributed by atoms with E-state index in [9.17, 15) is 9.59 Å². The summed E-state index contributed by atoms with van der Waals surface area (Å²) in [7, 11) is 0. The van der Waals surface area contributed by atoms with Crippen LogP contribution in [0, 0.1) is 19.8 Å². The van der Waals surface area contributed by atoms with Crippen molar-refractivity contribution in [1.82, 2.24) is 9.80 Å². The average molecular weight is 432 g/mol. The summed E-state index contributed by atoms with van der Waals surface area (Å²) in [5, 5.41) is 3.10. The first-order valence-electron chi connectivity index (χ1n) is 11.5. The van der Waals surface area contributed by atoms with Gasteiger partial charge in [-0.25, -0.2) is 4.79 Å². The quantitative estimate of drug-likeness (QED) is 0.689. The van der Waals surface area contributed by atoms with E-state index in [1.54, 1.807) is 0 Å². The molecular weight excluding hydrogens is 390 g/mol. The third-order valence-corrected chi connectivity index (χ3v) is 5.83. The van der Waals surface area contributed by atoms with Gasteiger partial charge in [0, 0.05) is 24.8 Å². The number of ether oxygens (including phenoxy) is 1. The van der Waals surface area contributed by atoms with Gasteiger partial charge in [-0.1, -0.05) is 12.1 Å². The molecule has 1 saturated heterocycles. The maximum atomic E-state index is 12.9. The maximum Gasteiger partial charge on any atom is 0.410 e. The Balaban J connectivity index is 2.00. The van der Waals surface area contributed by atoms with E-state index in [0.717, 1.165) is 42.7 Å². The number of hydrogen-bond acceptors (Lipinski definition) is 4. The van der Waals surface area contributed by atoms with E-state index in [1.165, 1.54) is 0 Å². The van der Waals surface area contributed by atoms with Crippen LogP contribution in [-0.2, 0) is 9.53 Å². The van der Waals surface area contributed by atoms with Gasteiger partial charge in [-0.15, -0.1) is 0 Å². The third-order valence-electron chi connectivity index (χ3n) is 5.83. The molecule has 6 heteroatoms. The molecule has 2 unspecified atom stereocenters. The van der Waals surface area contributed by atoms with E-state index in [2.05, 4.69) is 16.3 Å². The number of nitrogens with zero attached hydrogens (tertiary/aromatic N) is 2. The maximum absolute atomic E-state index is 12.9. The Hall–Kier alpha value is -2.08. The minimum absolute atomic E-state index is 0.0159. The van der Waals surface area contributed by atoms with Gasteiger partial charge >= 0.3 is 6.09 Å². The second-order valence-corrected chi connectivity index (χ2v) is 10.2. The van der Waals surface area contributed by atoms with E-state index in [-0.39, 0.29) is 24.1 Å². The molecule has 2 atom stereocenters. The molecule has 0 spiro atoms. The second-order valence-electron chi connectivity index (χ2n) is 10.2. The van der Waals surface area contributed by atoms with Gasteiger partial charge in [-0.05, 0) is 97.9 Å². The number of hydrogen-bond donors (Lipinski definition) is 1. The average Bonchev–Trinajstić information content (AvgIpc) is 2.66. The topological polar surface area (TPSA) is 61.9 Å². The molecule has 31 heavy (non-hydrogen) atoms. The van der Waals surface area contributed by atoms with Crippen molar-refractivity contribution < 1.29 is 14.3 Å². The van der Waals surface area contributed by atoms with E-state index >= 15 is 0 Å². The standard InChI is InChI=1S/C25H41N3O3/c1-17(2)28(24(30)31-25(6,7)8)16-21-10-9-13-27(15-21)20(5)23(29)26-22-14-18(3)11-12-19(22)4/h11-12,14,17,20-21H,9-10,13,15-16H2,1-8H3,(H,26,29). The molecule has 174 valence electrons. The fourth-order valence-corrected chi connectivity index (χ4v) is 3.97. The zero-order chi connectivity index (χ0) is 23.3. The van der Waals surface area contributed by atoms with Gasteiger partial charge in [0.1, 0.15) is 5.60 Å². The molecule has 1 aromatic carbocycles. The highest BCUT2D eigenvalue weighted by atomic mass is 16.6. The fourth-order valence-electron chi connectivity index (χ4n) is 3.97. The molecular formula is C25H41N3O3. The number of rotatable bonds is 6. The Morgan fingerprint density at radius 3 is 2.52 bits per heavy atom. The van der Waals surface area contributed by atoms with Gasteiger partial charge in [-0.3, -0.25) is 9.69 Å². The molecule has 0 radical (unpaired) electrons. The summed E-state index contributed by atoms with van der Waals surface area (Å²) in [6, 6.07) is 5.94. The molecule has 6 nitrogen and oxygen atoms in total. The number of nitrogens with one attached hydrogen (secondary N) is 1. The van der Waals surface area contributed by atoms with Crippen LogP contribution in [0.2, 0.25) is 0 Å². The lowest BCUT2D eigenvalue weighted by Gasteiger charge is -2.39. The van der Waals surface area contributed by atoms with Crippen molar-refractivity contribution in [2.75, 3.05) is 25.0 Å². The van der Waals surface area contributed by atoms with Crippen LogP contribution < -0.4 is 5.32 Å². The number of amides is 2. The van der Waals surface area contributed by atoms with Crippen LogP contribution in [0.1, 0.15) is 65.5 Å². The van der Waals surface area contributed by atoms with Gasteiger partial charge < -0.3 is 15.0 Å². The minimum atomic E-state index is -0.511. The predicted molar refractivity (Wildman–Crippen MR) is 126 cm³/mol. The lowest BCUT2D eigenvalue weighted by molar-refractivity contribution is -0.121. The summed E-state index contributed by atoms with van der Waals surface area (Å²) >= 11 is 0. The van der Waals surface area contributed by atoms with Crippen molar-refractivity contribution in [2.24, 2.45) is 5.92 Å². The molecule has 2 amide bonds. The Labute approximate surface area is 188 Å². The molecule has 1 N–H and O–H groups in total. The fraction of sp³-hybridized carbons (Fsp3) is 0.680. The number of likely N-dealkylation sites (tertiary alicyclic amines) is 1. The monoisotopic (exact) mass is 431 g/mol. The van der Waals surface area contributed by atoms with Crippen LogP contribution in [0.4, 0.5) is 10.5 Å². The number of benzene rings is 1. The van der Waals surface area contributed by atoms with Crippen molar-refractivity contribution in [1.29, 1.82) is 0 Å². The zero-order valence-corrected chi connectivity index (χ0v) is 20.6. The molecule has 1 heterocycles. The molecule has 0 saturated carbocycles. The molecule has 0 bridgehead atoms. The molecule has 1 fully saturated rings. The van der Waals surface area contributed by atoms with Crippen molar-refractivity contribution in [2.45, 2.75) is 85.9 Å². The smallest absolute Gasteiger partial charge is 0.410 e. The van der Waals surface area contributed by atoms with Crippen LogP contribution in [0.3, 0.4) is 0 Å². The van der Waals surface area contributed by atoms with Crippen molar-refractivity contribution in [3.63, 3.8) is 0 Å². The van der Waals surface area contributed by atoms with Crippen molar-refractivity contribution >= 4 is 17.7 Å². The van der Waals surface area contributed by atoms with E-state index in [4.69, 9.17) is 4.74 Å². The van der Waals surface area contributed by atoms with Crippen molar-refractivity contribution in [3.05, 3.63) is 29.3 Å². The lowest BCUT2D eigenvalue weighted by atomic mass is 9.95. The minimum Gasteiger partial charge on any atom is -0.444 e. The molecule has 0 aromatic heterocycles. The largest absolute Gasteiger partial charge is 0.444 e. The highest BCUT2D eigenvalue weighted by molar-refractivity contribution is 5.95. The molecule has 2 rings (SSSR count). The highest BCUT2D eigenvalue weighted by Crippen LogP contribution is 2.23. The first kappa shape index (κ1) is 25.2. The van der Waals surface area contributed by atoms with Crippen LogP contribution in [0.25, 0.3) is 0 Å². The van der Waals surface area contributed by atoms with Crippen molar-refractivity contribution in [3.8, 4) is 0 Å². The number of piperidine rings is 1. The SMILES string of the molecule is Cc1ccc(C)c(NC(=O)C(C)N2CCCC(CN(C(=O)OC(C)(C)C)C(C)C)C2)c1. The summed E-state index contributed by atoms with van der Waals surface area (Å²) in [5.41, 5.74) is 2.56. The first-order chi connectivity index (χ1) is 14.4. The zero-order valence-electron chi connectivity index (χ0n) is 20.6. The van der Waals surface area contributed by atoms with E-state index < -0.39 is 5.60 Å². The Morgan fingerprint density at radius 2 is 1.90 bits per heavy atom. The van der Waals surface area contributed by atoms with Crippen LogP contribution >= 0.6 is 0 Å². The summed E-state index contributed by atoms with van der Waals surface area (Å²) in [4.78, 5) is 29.7. The van der Waals surface area contributed by atoms with E-state index in [1.807, 2.05) is 72.4 Å². The first-order valence-corrected chi connectivity index (χ1v) is 11.5. The highest BCUT2D eigenvalue weighted by Gasteiger charge is 2.31. The summed E-state index contributed by atoms with van der Waals surface area (Å²) in [5.74, 6) is 0.335. The van der Waals surface area contributed by atoms with Gasteiger partial charge in [0.25, 0.3) is 0 Å². The third kappa shape index (κ3) is 7.53. The predicted octanol–water partition coefficient (Wildman–Crippen LogP) is 4.99. The van der Waals surface area contributed by atoms with E-state index in [0.29, 0.717) is 12.5 Å². The molecule has 0 aliphatic carbocycles. The Morgan fingerprint density at radius 1 is 1.23 bits per heavy atom. The molecule has 1 aromatic rings. The van der Waals surface area contributed by atoms with Crippen LogP contribution in [0.5, 0.6) is 0 Å². The normalized spacial score (nSPS) is 18.5. The molecule has 1 aliphatic rings. The summed E-state index contributed by atoms with van der Waals surface area (Å²) < 4.78 is 5.61. The number of carbonyl (C=O) groups is 2. The Kier molecular flexibility index (Phi) is 8.52. The number of anilines is 1. The van der Waals surface area contributed by atoms with Crippen LogP contribution in [0.15, 0.2) is 18.2 Å². The Bertz CT molecular complexity index is 770. The van der Waals surface area contributed by atoms with Gasteiger partial charge in [0.15, 0.2) is 0 Å². The number of aryl methyl sites for hydroxylation is 2. The summed E-state index contributed by atoms with van der Waals surface area (Å²) in [6.45, 7) is 18.1. The van der Waals surface area contributed by atoms with Crippen LogP contribution in [-0.4, -0.2) is 59.1 Å². The molecule has 1 aliphatic heterocycles. The number of carbonyl (C=O) groups excluding carboxylic acids is 2. The van der Waals surface area contributed by atoms with Gasteiger partial charge in [0.2, 0.25) is 5.91 Å². The van der Waals surface area contributed by atoms with Gasteiger partial charge in [-0.2, -0.15) is 0 Å². The summed E-state index contributed by atoms with van der Waals surface area (Å²) in [6.07, 6.45) is 1.81. The second kappa shape index (κ2) is 10.5. The van der Waals surface area contributed by atoms with Gasteiger partial charge in [0.05, 0.1) is 6.04 Å². The lowest BCUT2D eigenvalue weighted by Crippen LogP contribution is -2.50.